The zero-order valence-corrected chi connectivity index (χ0v) is 8.94. The first kappa shape index (κ1) is 9.89. The summed E-state index contributed by atoms with van der Waals surface area (Å²) in [6.45, 7) is 4.83. The highest BCUT2D eigenvalue weighted by molar-refractivity contribution is 6.00. The van der Waals surface area contributed by atoms with Gasteiger partial charge < -0.3 is 10.6 Å². The molecule has 5 heteroatoms. The second-order valence-electron chi connectivity index (χ2n) is 3.77. The summed E-state index contributed by atoms with van der Waals surface area (Å²) < 4.78 is 0. The molecule has 15 heavy (non-hydrogen) atoms. The third-order valence-corrected chi connectivity index (χ3v) is 2.27. The van der Waals surface area contributed by atoms with Gasteiger partial charge in [-0.05, 0) is 13.8 Å². The van der Waals surface area contributed by atoms with Gasteiger partial charge in [0, 0.05) is 0 Å². The number of amidine groups is 1. The van der Waals surface area contributed by atoms with Crippen LogP contribution in [0.25, 0.3) is 0 Å². The lowest BCUT2D eigenvalue weighted by Crippen LogP contribution is -2.49. The molecule has 0 aromatic rings. The van der Waals surface area contributed by atoms with Crippen LogP contribution in [0.3, 0.4) is 0 Å². The van der Waals surface area contributed by atoms with E-state index in [1.54, 1.807) is 12.7 Å². The molecule has 80 valence electrons. The highest BCUT2D eigenvalue weighted by Crippen LogP contribution is 2.09. The zero-order valence-electron chi connectivity index (χ0n) is 8.94. The van der Waals surface area contributed by atoms with Crippen LogP contribution in [0, 0.1) is 0 Å². The average molecular weight is 205 g/mol. The highest BCUT2D eigenvalue weighted by Gasteiger charge is 2.30. The van der Waals surface area contributed by atoms with Crippen molar-refractivity contribution in [3.05, 3.63) is 11.6 Å². The summed E-state index contributed by atoms with van der Waals surface area (Å²) in [6, 6.07) is 0.0839. The van der Waals surface area contributed by atoms with Gasteiger partial charge in [-0.1, -0.05) is 11.6 Å². The Morgan fingerprint density at radius 3 is 3.07 bits per heavy atom. The molecule has 2 aliphatic rings. The zero-order chi connectivity index (χ0) is 10.7. The van der Waals surface area contributed by atoms with Crippen LogP contribution in [-0.2, 0) is 0 Å². The molecule has 0 aromatic heterocycles. The van der Waals surface area contributed by atoms with Crippen LogP contribution in [0.15, 0.2) is 26.6 Å². The fourth-order valence-electron chi connectivity index (χ4n) is 1.46. The van der Waals surface area contributed by atoms with Crippen molar-refractivity contribution < 1.29 is 0 Å². The minimum absolute atomic E-state index is 0.0447. The highest BCUT2D eigenvalue weighted by atomic mass is 15.3. The van der Waals surface area contributed by atoms with Gasteiger partial charge in [-0.2, -0.15) is 0 Å². The Bertz CT molecular complexity index is 349. The molecule has 2 heterocycles. The summed E-state index contributed by atoms with van der Waals surface area (Å²) in [5.74, 6) is 0.907. The fraction of sp³-hybridized carbons (Fsp3) is 0.500. The Morgan fingerprint density at radius 2 is 2.27 bits per heavy atom. The molecular formula is C10H15N5. The van der Waals surface area contributed by atoms with Gasteiger partial charge >= 0.3 is 0 Å². The van der Waals surface area contributed by atoms with Crippen molar-refractivity contribution in [3.8, 4) is 0 Å². The van der Waals surface area contributed by atoms with E-state index in [0.717, 1.165) is 5.84 Å². The average Bonchev–Trinajstić information content (AvgIpc) is 2.65. The first-order valence-corrected chi connectivity index (χ1v) is 5.01. The van der Waals surface area contributed by atoms with Crippen molar-refractivity contribution >= 4 is 18.5 Å². The van der Waals surface area contributed by atoms with Crippen LogP contribution in [0.5, 0.6) is 0 Å². The molecule has 0 aromatic carbocycles. The van der Waals surface area contributed by atoms with Crippen molar-refractivity contribution in [2.45, 2.75) is 26.1 Å². The molecule has 0 spiro atoms. The molecule has 2 rings (SSSR count). The number of hydrogen-bond donors (Lipinski definition) is 2. The molecule has 2 atom stereocenters. The van der Waals surface area contributed by atoms with Crippen LogP contribution in [0.1, 0.15) is 13.8 Å². The third-order valence-electron chi connectivity index (χ3n) is 2.27. The molecule has 2 N–H and O–H groups in total. The second-order valence-corrected chi connectivity index (χ2v) is 3.77. The minimum Gasteiger partial charge on any atom is -0.363 e. The summed E-state index contributed by atoms with van der Waals surface area (Å²) in [6.07, 6.45) is 5.39. The standard InChI is InChI=1S/C10H15N5/c1-7(2)3-4-11-9-8-10(13-5-12-8)15-6-14-9/h3,5-6,8,10H,4H2,1-2H3,(H,12,13)(H,11,14,15)/t8-,10+/m1/s1. The molecule has 0 saturated carbocycles. The van der Waals surface area contributed by atoms with Gasteiger partial charge in [0.05, 0.1) is 19.2 Å². The monoisotopic (exact) mass is 205 g/mol. The summed E-state index contributed by atoms with van der Waals surface area (Å²) in [5.41, 5.74) is 1.27. The van der Waals surface area contributed by atoms with Gasteiger partial charge in [0.15, 0.2) is 6.17 Å². The Labute approximate surface area is 89.1 Å². The Morgan fingerprint density at radius 1 is 1.47 bits per heavy atom. The van der Waals surface area contributed by atoms with Crippen molar-refractivity contribution in [2.75, 3.05) is 6.54 Å². The molecule has 0 amide bonds. The molecule has 0 bridgehead atoms. The van der Waals surface area contributed by atoms with Gasteiger partial charge in [-0.15, -0.1) is 0 Å². The Balaban J connectivity index is 2.04. The number of aliphatic imine (C=N–C) groups is 3. The van der Waals surface area contributed by atoms with Gasteiger partial charge in [-0.25, -0.2) is 9.98 Å². The van der Waals surface area contributed by atoms with Gasteiger partial charge in [0.25, 0.3) is 0 Å². The lowest BCUT2D eigenvalue weighted by atomic mass is 10.2. The summed E-state index contributed by atoms with van der Waals surface area (Å²) >= 11 is 0. The lowest BCUT2D eigenvalue weighted by Gasteiger charge is -2.21. The predicted octanol–water partition coefficient (Wildman–Crippen LogP) is 0.309. The number of rotatable bonds is 2. The van der Waals surface area contributed by atoms with E-state index in [-0.39, 0.29) is 12.2 Å². The fourth-order valence-corrected chi connectivity index (χ4v) is 1.46. The predicted molar refractivity (Wildman–Crippen MR) is 62.6 cm³/mol. The smallest absolute Gasteiger partial charge is 0.170 e. The van der Waals surface area contributed by atoms with E-state index in [4.69, 9.17) is 0 Å². The number of nitrogens with zero attached hydrogens (tertiary/aromatic N) is 3. The lowest BCUT2D eigenvalue weighted by molar-refractivity contribution is 0.635. The summed E-state index contributed by atoms with van der Waals surface area (Å²) in [4.78, 5) is 12.8. The Hall–Kier alpha value is -1.65. The van der Waals surface area contributed by atoms with E-state index >= 15 is 0 Å². The molecule has 0 aliphatic carbocycles. The second kappa shape index (κ2) is 4.25. The van der Waals surface area contributed by atoms with Crippen LogP contribution in [0.4, 0.5) is 0 Å². The number of allylic oxidation sites excluding steroid dienone is 1. The van der Waals surface area contributed by atoms with E-state index in [1.807, 2.05) is 0 Å². The molecule has 0 saturated heterocycles. The van der Waals surface area contributed by atoms with E-state index in [9.17, 15) is 0 Å². The van der Waals surface area contributed by atoms with E-state index in [2.05, 4.69) is 45.5 Å². The summed E-state index contributed by atoms with van der Waals surface area (Å²) in [5, 5.41) is 6.18. The van der Waals surface area contributed by atoms with E-state index in [0.29, 0.717) is 6.54 Å². The van der Waals surface area contributed by atoms with Crippen molar-refractivity contribution in [1.82, 2.24) is 10.6 Å². The number of nitrogens with one attached hydrogen (secondary N) is 2. The van der Waals surface area contributed by atoms with Crippen LogP contribution in [-0.4, -0.2) is 37.3 Å². The van der Waals surface area contributed by atoms with Crippen molar-refractivity contribution in [2.24, 2.45) is 15.0 Å². The van der Waals surface area contributed by atoms with E-state index in [1.165, 1.54) is 5.57 Å². The number of hydrogen-bond acceptors (Lipinski definition) is 4. The largest absolute Gasteiger partial charge is 0.363 e. The van der Waals surface area contributed by atoms with Gasteiger partial charge in [0.1, 0.15) is 11.9 Å². The maximum atomic E-state index is 4.46. The topological polar surface area (TPSA) is 61.1 Å². The first-order valence-electron chi connectivity index (χ1n) is 5.01. The summed E-state index contributed by atoms with van der Waals surface area (Å²) in [7, 11) is 0. The molecular weight excluding hydrogens is 190 g/mol. The van der Waals surface area contributed by atoms with Gasteiger partial charge in [0.2, 0.25) is 0 Å². The van der Waals surface area contributed by atoms with E-state index < -0.39 is 0 Å². The van der Waals surface area contributed by atoms with Gasteiger partial charge in [-0.3, -0.25) is 4.99 Å². The molecule has 0 radical (unpaired) electrons. The maximum Gasteiger partial charge on any atom is 0.170 e. The SMILES string of the molecule is CC(C)=CCN=C1NC=N[C@@H]2N=CN[C@H]12. The maximum absolute atomic E-state index is 4.46. The quantitative estimate of drug-likeness (QED) is 0.637. The molecule has 2 aliphatic heterocycles. The third kappa shape index (κ3) is 2.23. The molecule has 5 nitrogen and oxygen atoms in total. The Kier molecular flexibility index (Phi) is 2.80. The van der Waals surface area contributed by atoms with Crippen LogP contribution >= 0.6 is 0 Å². The van der Waals surface area contributed by atoms with Crippen molar-refractivity contribution in [1.29, 1.82) is 0 Å². The number of fused-ring (bicyclic) bond motifs is 1. The first-order chi connectivity index (χ1) is 7.27. The van der Waals surface area contributed by atoms with Crippen LogP contribution < -0.4 is 10.6 Å². The van der Waals surface area contributed by atoms with Crippen LogP contribution in [0.2, 0.25) is 0 Å². The molecule has 0 unspecified atom stereocenters. The molecule has 0 fully saturated rings. The minimum atomic E-state index is -0.0447. The normalized spacial score (nSPS) is 29.6. The van der Waals surface area contributed by atoms with Crippen molar-refractivity contribution in [3.63, 3.8) is 0 Å².